The summed E-state index contributed by atoms with van der Waals surface area (Å²) < 4.78 is 0.751. The van der Waals surface area contributed by atoms with Gasteiger partial charge in [-0.25, -0.2) is 0 Å². The van der Waals surface area contributed by atoms with Gasteiger partial charge in [-0.3, -0.25) is 4.79 Å². The average Bonchev–Trinajstić information content (AvgIpc) is 2.87. The molecule has 0 bridgehead atoms. The van der Waals surface area contributed by atoms with Crippen LogP contribution in [0, 0.1) is 0 Å². The van der Waals surface area contributed by atoms with Crippen molar-refractivity contribution >= 4 is 40.2 Å². The van der Waals surface area contributed by atoms with Crippen LogP contribution in [0.5, 0.6) is 0 Å². The van der Waals surface area contributed by atoms with Crippen LogP contribution in [-0.4, -0.2) is 13.0 Å². The van der Waals surface area contributed by atoms with Gasteiger partial charge in [-0.2, -0.15) is 0 Å². The SMILES string of the molecule is CNC(=O)c1ccc(N)c(NC(C)c2ccc(Cl)s2)c1. The second kappa shape index (κ2) is 6.15. The minimum Gasteiger partial charge on any atom is -0.397 e. The highest BCUT2D eigenvalue weighted by Gasteiger charge is 2.12. The number of halogens is 1. The summed E-state index contributed by atoms with van der Waals surface area (Å²) in [6.07, 6.45) is 0. The van der Waals surface area contributed by atoms with Gasteiger partial charge in [0.25, 0.3) is 5.91 Å². The highest BCUT2D eigenvalue weighted by atomic mass is 35.5. The Bertz CT molecular complexity index is 627. The number of nitrogens with one attached hydrogen (secondary N) is 2. The van der Waals surface area contributed by atoms with Gasteiger partial charge in [0.15, 0.2) is 0 Å². The fourth-order valence-electron chi connectivity index (χ4n) is 1.83. The molecule has 1 heterocycles. The molecule has 106 valence electrons. The Kier molecular flexibility index (Phi) is 4.52. The van der Waals surface area contributed by atoms with Crippen LogP contribution in [0.1, 0.15) is 28.2 Å². The van der Waals surface area contributed by atoms with Crippen LogP contribution in [0.15, 0.2) is 30.3 Å². The zero-order valence-corrected chi connectivity index (χ0v) is 12.8. The smallest absolute Gasteiger partial charge is 0.251 e. The van der Waals surface area contributed by atoms with Gasteiger partial charge in [0, 0.05) is 17.5 Å². The molecule has 1 atom stereocenters. The van der Waals surface area contributed by atoms with Crippen molar-refractivity contribution in [2.24, 2.45) is 0 Å². The summed E-state index contributed by atoms with van der Waals surface area (Å²) in [5.74, 6) is -0.139. The number of carbonyl (C=O) groups excluding carboxylic acids is 1. The number of thiophene rings is 1. The van der Waals surface area contributed by atoms with Crippen molar-refractivity contribution in [3.8, 4) is 0 Å². The van der Waals surface area contributed by atoms with Crippen molar-refractivity contribution in [1.29, 1.82) is 0 Å². The lowest BCUT2D eigenvalue weighted by molar-refractivity contribution is 0.0963. The largest absolute Gasteiger partial charge is 0.397 e. The first-order valence-corrected chi connectivity index (χ1v) is 7.34. The van der Waals surface area contributed by atoms with E-state index in [0.29, 0.717) is 11.3 Å². The zero-order valence-electron chi connectivity index (χ0n) is 11.2. The lowest BCUT2D eigenvalue weighted by Crippen LogP contribution is -2.18. The maximum atomic E-state index is 11.6. The first-order valence-electron chi connectivity index (χ1n) is 6.14. The number of anilines is 2. The molecule has 0 saturated heterocycles. The van der Waals surface area contributed by atoms with E-state index >= 15 is 0 Å². The highest BCUT2D eigenvalue weighted by Crippen LogP contribution is 2.31. The van der Waals surface area contributed by atoms with Crippen LogP contribution in [0.2, 0.25) is 4.34 Å². The topological polar surface area (TPSA) is 67.2 Å². The maximum absolute atomic E-state index is 11.6. The van der Waals surface area contributed by atoms with Crippen LogP contribution < -0.4 is 16.4 Å². The van der Waals surface area contributed by atoms with E-state index < -0.39 is 0 Å². The van der Waals surface area contributed by atoms with Gasteiger partial charge < -0.3 is 16.4 Å². The average molecular weight is 310 g/mol. The van der Waals surface area contributed by atoms with E-state index in [4.69, 9.17) is 17.3 Å². The normalized spacial score (nSPS) is 11.9. The molecule has 1 amide bonds. The summed E-state index contributed by atoms with van der Waals surface area (Å²) in [6.45, 7) is 2.02. The Morgan fingerprint density at radius 3 is 2.70 bits per heavy atom. The minimum atomic E-state index is -0.139. The number of carbonyl (C=O) groups is 1. The molecular weight excluding hydrogens is 294 g/mol. The summed E-state index contributed by atoms with van der Waals surface area (Å²) in [7, 11) is 1.60. The van der Waals surface area contributed by atoms with Gasteiger partial charge in [0.2, 0.25) is 0 Å². The molecule has 1 aromatic heterocycles. The van der Waals surface area contributed by atoms with E-state index in [9.17, 15) is 4.79 Å². The monoisotopic (exact) mass is 309 g/mol. The van der Waals surface area contributed by atoms with Gasteiger partial charge >= 0.3 is 0 Å². The summed E-state index contributed by atoms with van der Waals surface area (Å²) in [4.78, 5) is 12.8. The van der Waals surface area contributed by atoms with E-state index in [1.807, 2.05) is 19.1 Å². The molecule has 4 nitrogen and oxygen atoms in total. The third-order valence-electron chi connectivity index (χ3n) is 2.94. The molecule has 2 aromatic rings. The van der Waals surface area contributed by atoms with E-state index in [2.05, 4.69) is 10.6 Å². The second-order valence-electron chi connectivity index (χ2n) is 4.39. The molecular formula is C14H16ClN3OS. The van der Waals surface area contributed by atoms with Crippen molar-refractivity contribution in [1.82, 2.24) is 5.32 Å². The second-order valence-corrected chi connectivity index (χ2v) is 6.14. The van der Waals surface area contributed by atoms with Gasteiger partial charge in [-0.1, -0.05) is 11.6 Å². The van der Waals surface area contributed by atoms with E-state index in [1.165, 1.54) is 11.3 Å². The predicted octanol–water partition coefficient (Wildman–Crippen LogP) is 3.52. The summed E-state index contributed by atoms with van der Waals surface area (Å²) >= 11 is 7.46. The van der Waals surface area contributed by atoms with Crippen molar-refractivity contribution in [3.63, 3.8) is 0 Å². The van der Waals surface area contributed by atoms with E-state index in [1.54, 1.807) is 25.2 Å². The number of rotatable bonds is 4. The number of nitrogens with two attached hydrogens (primary N) is 1. The molecule has 6 heteroatoms. The summed E-state index contributed by atoms with van der Waals surface area (Å²) in [5, 5.41) is 5.90. The summed E-state index contributed by atoms with van der Waals surface area (Å²) in [5.41, 5.74) is 7.86. The van der Waals surface area contributed by atoms with Gasteiger partial charge in [0.05, 0.1) is 21.8 Å². The Labute approximate surface area is 126 Å². The first kappa shape index (κ1) is 14.7. The predicted molar refractivity (Wildman–Crippen MR) is 85.6 cm³/mol. The molecule has 0 radical (unpaired) electrons. The third-order valence-corrected chi connectivity index (χ3v) is 4.35. The molecule has 0 aliphatic heterocycles. The molecule has 2 rings (SSSR count). The molecule has 0 fully saturated rings. The standard InChI is InChI=1S/C14H16ClN3OS/c1-8(12-5-6-13(15)20-12)18-11-7-9(14(19)17-2)3-4-10(11)16/h3-8,18H,16H2,1-2H3,(H,17,19). The van der Waals surface area contributed by atoms with Crippen LogP contribution in [-0.2, 0) is 0 Å². The zero-order chi connectivity index (χ0) is 14.7. The molecule has 1 unspecified atom stereocenters. The quantitative estimate of drug-likeness (QED) is 0.757. The molecule has 20 heavy (non-hydrogen) atoms. The van der Waals surface area contributed by atoms with Crippen molar-refractivity contribution < 1.29 is 4.79 Å². The molecule has 0 spiro atoms. The molecule has 0 saturated carbocycles. The maximum Gasteiger partial charge on any atom is 0.251 e. The molecule has 1 aromatic carbocycles. The van der Waals surface area contributed by atoms with Crippen molar-refractivity contribution in [3.05, 3.63) is 45.1 Å². The fourth-order valence-corrected chi connectivity index (χ4v) is 2.90. The third kappa shape index (κ3) is 3.23. The van der Waals surface area contributed by atoms with E-state index in [0.717, 1.165) is 14.9 Å². The Hall–Kier alpha value is -1.72. The Morgan fingerprint density at radius 1 is 1.35 bits per heavy atom. The number of nitrogen functional groups attached to an aromatic ring is 1. The van der Waals surface area contributed by atoms with Gasteiger partial charge in [-0.05, 0) is 37.3 Å². The number of hydrogen-bond acceptors (Lipinski definition) is 4. The number of amides is 1. The molecule has 0 aliphatic carbocycles. The first-order chi connectivity index (χ1) is 9.51. The molecule has 4 N–H and O–H groups in total. The Morgan fingerprint density at radius 2 is 2.10 bits per heavy atom. The van der Waals surface area contributed by atoms with Crippen molar-refractivity contribution in [2.75, 3.05) is 18.1 Å². The van der Waals surface area contributed by atoms with Crippen molar-refractivity contribution in [2.45, 2.75) is 13.0 Å². The number of hydrogen-bond donors (Lipinski definition) is 3. The lowest BCUT2D eigenvalue weighted by atomic mass is 10.1. The summed E-state index contributed by atoms with van der Waals surface area (Å²) in [6, 6.07) is 9.08. The number of benzene rings is 1. The van der Waals surface area contributed by atoms with Crippen LogP contribution >= 0.6 is 22.9 Å². The van der Waals surface area contributed by atoms with Crippen LogP contribution in [0.25, 0.3) is 0 Å². The Balaban J connectivity index is 2.22. The minimum absolute atomic E-state index is 0.0646. The lowest BCUT2D eigenvalue weighted by Gasteiger charge is -2.16. The van der Waals surface area contributed by atoms with Crippen LogP contribution in [0.3, 0.4) is 0 Å². The van der Waals surface area contributed by atoms with E-state index in [-0.39, 0.29) is 11.9 Å². The fraction of sp³-hybridized carbons (Fsp3) is 0.214. The van der Waals surface area contributed by atoms with Gasteiger partial charge in [-0.15, -0.1) is 11.3 Å². The van der Waals surface area contributed by atoms with Gasteiger partial charge in [0.1, 0.15) is 0 Å². The molecule has 0 aliphatic rings. The van der Waals surface area contributed by atoms with Crippen LogP contribution in [0.4, 0.5) is 11.4 Å². The highest BCUT2D eigenvalue weighted by molar-refractivity contribution is 7.16.